The molecule has 2 aromatic rings. The van der Waals surface area contributed by atoms with Crippen LogP contribution in [0.25, 0.3) is 0 Å². The first kappa shape index (κ1) is 14.8. The van der Waals surface area contributed by atoms with E-state index >= 15 is 0 Å². The van der Waals surface area contributed by atoms with Gasteiger partial charge in [0.05, 0.1) is 24.4 Å². The third-order valence-corrected chi connectivity index (χ3v) is 3.44. The van der Waals surface area contributed by atoms with Gasteiger partial charge in [-0.15, -0.1) is 0 Å². The van der Waals surface area contributed by atoms with Crippen molar-refractivity contribution in [1.29, 1.82) is 0 Å². The predicted octanol–water partition coefficient (Wildman–Crippen LogP) is 2.92. The van der Waals surface area contributed by atoms with Gasteiger partial charge in [0.1, 0.15) is 11.5 Å². The number of hydrogen-bond donors (Lipinski definition) is 1. The van der Waals surface area contributed by atoms with Crippen LogP contribution in [0, 0.1) is 5.82 Å². The number of nitrogens with zero attached hydrogens (tertiary/aromatic N) is 2. The van der Waals surface area contributed by atoms with Crippen LogP contribution in [0.2, 0.25) is 5.02 Å². The molecule has 20 heavy (non-hydrogen) atoms. The summed E-state index contributed by atoms with van der Waals surface area (Å²) < 4.78 is 21.3. The van der Waals surface area contributed by atoms with E-state index in [1.165, 1.54) is 6.07 Å². The number of nitrogens with one attached hydrogen (secondary N) is 1. The summed E-state index contributed by atoms with van der Waals surface area (Å²) in [4.78, 5) is 0. The number of methoxy groups -OCH3 is 1. The highest BCUT2D eigenvalue weighted by molar-refractivity contribution is 6.30. The van der Waals surface area contributed by atoms with Crippen LogP contribution in [-0.2, 0) is 7.05 Å². The largest absolute Gasteiger partial charge is 0.493 e. The summed E-state index contributed by atoms with van der Waals surface area (Å²) in [5.41, 5.74) is 1.23. The maximum Gasteiger partial charge on any atom is 0.161 e. The van der Waals surface area contributed by atoms with E-state index in [-0.39, 0.29) is 11.1 Å². The molecule has 1 aromatic heterocycles. The number of benzene rings is 1. The maximum atomic E-state index is 14.3. The standard InChI is InChI=1S/C14H17ClFN3O/c1-4-17-13(9-6-5-7-10(15)12(9)16)14-11(20-3)8-18-19(14)2/h5-8,13,17H,4H2,1-3H3. The summed E-state index contributed by atoms with van der Waals surface area (Å²) in [6.07, 6.45) is 1.61. The van der Waals surface area contributed by atoms with Crippen LogP contribution in [0.15, 0.2) is 24.4 Å². The van der Waals surface area contributed by atoms with Gasteiger partial charge in [0, 0.05) is 12.6 Å². The molecule has 1 aromatic carbocycles. The fourth-order valence-corrected chi connectivity index (χ4v) is 2.40. The zero-order valence-corrected chi connectivity index (χ0v) is 12.4. The molecule has 2 rings (SSSR count). The lowest BCUT2D eigenvalue weighted by Gasteiger charge is -2.20. The van der Waals surface area contributed by atoms with Gasteiger partial charge in [-0.1, -0.05) is 30.7 Å². The third-order valence-electron chi connectivity index (χ3n) is 3.14. The van der Waals surface area contributed by atoms with Crippen LogP contribution >= 0.6 is 11.6 Å². The molecule has 1 N–H and O–H groups in total. The van der Waals surface area contributed by atoms with Gasteiger partial charge >= 0.3 is 0 Å². The van der Waals surface area contributed by atoms with Gasteiger partial charge in [0.2, 0.25) is 0 Å². The molecule has 0 fully saturated rings. The summed E-state index contributed by atoms with van der Waals surface area (Å²) in [6.45, 7) is 2.63. The lowest BCUT2D eigenvalue weighted by Crippen LogP contribution is -2.25. The number of rotatable bonds is 5. The molecule has 0 amide bonds. The molecule has 1 atom stereocenters. The number of aromatic nitrogens is 2. The molecule has 1 unspecified atom stereocenters. The molecule has 4 nitrogen and oxygen atoms in total. The highest BCUT2D eigenvalue weighted by Crippen LogP contribution is 2.32. The molecule has 0 saturated heterocycles. The van der Waals surface area contributed by atoms with Crippen LogP contribution < -0.4 is 10.1 Å². The Morgan fingerprint density at radius 3 is 2.90 bits per heavy atom. The molecular weight excluding hydrogens is 281 g/mol. The Balaban J connectivity index is 2.56. The van der Waals surface area contributed by atoms with Crippen molar-refractivity contribution in [3.8, 4) is 5.75 Å². The Hall–Kier alpha value is -1.59. The second-order valence-electron chi connectivity index (χ2n) is 4.36. The Bertz CT molecular complexity index is 600. The first-order valence-corrected chi connectivity index (χ1v) is 6.71. The smallest absolute Gasteiger partial charge is 0.161 e. The van der Waals surface area contributed by atoms with Crippen molar-refractivity contribution in [3.63, 3.8) is 0 Å². The molecule has 108 valence electrons. The van der Waals surface area contributed by atoms with Gasteiger partial charge in [0.15, 0.2) is 5.75 Å². The van der Waals surface area contributed by atoms with Crippen LogP contribution in [0.3, 0.4) is 0 Å². The normalized spacial score (nSPS) is 12.4. The van der Waals surface area contributed by atoms with E-state index in [2.05, 4.69) is 10.4 Å². The van der Waals surface area contributed by atoms with E-state index in [1.807, 2.05) is 6.92 Å². The van der Waals surface area contributed by atoms with E-state index in [4.69, 9.17) is 16.3 Å². The first-order valence-electron chi connectivity index (χ1n) is 6.33. The monoisotopic (exact) mass is 297 g/mol. The average molecular weight is 298 g/mol. The summed E-state index contributed by atoms with van der Waals surface area (Å²) >= 11 is 5.88. The molecular formula is C14H17ClFN3O. The molecule has 0 radical (unpaired) electrons. The zero-order valence-electron chi connectivity index (χ0n) is 11.7. The minimum absolute atomic E-state index is 0.103. The summed E-state index contributed by atoms with van der Waals surface area (Å²) in [5.74, 6) is 0.182. The van der Waals surface area contributed by atoms with Crippen LogP contribution in [0.5, 0.6) is 5.75 Å². The van der Waals surface area contributed by atoms with Crippen molar-refractivity contribution in [2.24, 2.45) is 7.05 Å². The topological polar surface area (TPSA) is 39.1 Å². The average Bonchev–Trinajstić information content (AvgIpc) is 2.81. The fraction of sp³-hybridized carbons (Fsp3) is 0.357. The van der Waals surface area contributed by atoms with Crippen LogP contribution in [-0.4, -0.2) is 23.4 Å². The minimum atomic E-state index is -0.427. The quantitative estimate of drug-likeness (QED) is 0.922. The van der Waals surface area contributed by atoms with Crippen molar-refractivity contribution in [1.82, 2.24) is 15.1 Å². The van der Waals surface area contributed by atoms with Crippen molar-refractivity contribution >= 4 is 11.6 Å². The highest BCUT2D eigenvalue weighted by atomic mass is 35.5. The SMILES string of the molecule is CCNC(c1cccc(Cl)c1F)c1c(OC)cnn1C. The van der Waals surface area contributed by atoms with Gasteiger partial charge in [0.25, 0.3) is 0 Å². The highest BCUT2D eigenvalue weighted by Gasteiger charge is 2.25. The van der Waals surface area contributed by atoms with Gasteiger partial charge in [-0.05, 0) is 12.6 Å². The Kier molecular flexibility index (Phi) is 4.62. The lowest BCUT2D eigenvalue weighted by atomic mass is 10.0. The van der Waals surface area contributed by atoms with Gasteiger partial charge in [-0.2, -0.15) is 5.10 Å². The first-order chi connectivity index (χ1) is 9.60. The van der Waals surface area contributed by atoms with Gasteiger partial charge in [-0.3, -0.25) is 4.68 Å². The minimum Gasteiger partial charge on any atom is -0.493 e. The van der Waals surface area contributed by atoms with E-state index in [9.17, 15) is 4.39 Å². The molecule has 0 aliphatic carbocycles. The number of ether oxygens (including phenoxy) is 1. The van der Waals surface area contributed by atoms with E-state index < -0.39 is 5.82 Å². The summed E-state index contributed by atoms with van der Waals surface area (Å²) in [6, 6.07) is 4.60. The number of aryl methyl sites for hydroxylation is 1. The summed E-state index contributed by atoms with van der Waals surface area (Å²) in [5, 5.41) is 7.51. The van der Waals surface area contributed by atoms with Gasteiger partial charge in [-0.25, -0.2) is 4.39 Å². The van der Waals surface area contributed by atoms with Crippen molar-refractivity contribution < 1.29 is 9.13 Å². The molecule has 0 spiro atoms. The Labute approximate surface area is 122 Å². The van der Waals surface area contributed by atoms with Crippen LogP contribution in [0.4, 0.5) is 4.39 Å². The summed E-state index contributed by atoms with van der Waals surface area (Å²) in [7, 11) is 3.36. The second-order valence-corrected chi connectivity index (χ2v) is 4.76. The fourth-order valence-electron chi connectivity index (χ4n) is 2.21. The molecule has 0 bridgehead atoms. The molecule has 0 aliphatic rings. The second kappa shape index (κ2) is 6.24. The maximum absolute atomic E-state index is 14.3. The zero-order chi connectivity index (χ0) is 14.7. The lowest BCUT2D eigenvalue weighted by molar-refractivity contribution is 0.400. The Morgan fingerprint density at radius 1 is 1.50 bits per heavy atom. The number of hydrogen-bond acceptors (Lipinski definition) is 3. The molecule has 6 heteroatoms. The Morgan fingerprint density at radius 2 is 2.25 bits per heavy atom. The molecule has 0 saturated carbocycles. The number of halogens is 2. The van der Waals surface area contributed by atoms with E-state index in [0.29, 0.717) is 17.9 Å². The third kappa shape index (κ3) is 2.64. The van der Waals surface area contributed by atoms with Crippen molar-refractivity contribution in [3.05, 3.63) is 46.5 Å². The van der Waals surface area contributed by atoms with Crippen molar-refractivity contribution in [2.75, 3.05) is 13.7 Å². The molecule has 0 aliphatic heterocycles. The van der Waals surface area contributed by atoms with Crippen molar-refractivity contribution in [2.45, 2.75) is 13.0 Å². The van der Waals surface area contributed by atoms with Gasteiger partial charge < -0.3 is 10.1 Å². The van der Waals surface area contributed by atoms with E-state index in [1.54, 1.807) is 37.2 Å². The van der Waals surface area contributed by atoms with Crippen LogP contribution in [0.1, 0.15) is 24.2 Å². The van der Waals surface area contributed by atoms with E-state index in [0.717, 1.165) is 5.69 Å². The predicted molar refractivity (Wildman–Crippen MR) is 76.7 cm³/mol. The molecule has 1 heterocycles.